The van der Waals surface area contributed by atoms with Crippen molar-refractivity contribution in [3.8, 4) is 0 Å². The quantitative estimate of drug-likeness (QED) is 0.799. The molecular weight excluding hydrogens is 362 g/mol. The van der Waals surface area contributed by atoms with Gasteiger partial charge in [0, 0.05) is 24.3 Å². The van der Waals surface area contributed by atoms with Crippen LogP contribution in [0.2, 0.25) is 5.02 Å². The molecule has 1 fully saturated rings. The van der Waals surface area contributed by atoms with E-state index in [1.54, 1.807) is 18.2 Å². The van der Waals surface area contributed by atoms with Crippen molar-refractivity contribution in [2.75, 3.05) is 24.1 Å². The SMILES string of the molecule is Nc1ccc(Cl)c(NC(=O)c2ccc(S(=O)(=O)N3CCCC3)cc2)c1. The molecule has 8 heteroatoms. The molecule has 1 saturated heterocycles. The molecule has 0 spiro atoms. The molecule has 1 heterocycles. The largest absolute Gasteiger partial charge is 0.399 e. The summed E-state index contributed by atoms with van der Waals surface area (Å²) in [5.74, 6) is -0.391. The number of halogens is 1. The molecule has 0 atom stereocenters. The first-order valence-electron chi connectivity index (χ1n) is 7.84. The fourth-order valence-corrected chi connectivity index (χ4v) is 4.37. The van der Waals surface area contributed by atoms with Crippen LogP contribution < -0.4 is 11.1 Å². The maximum absolute atomic E-state index is 12.5. The van der Waals surface area contributed by atoms with Crippen molar-refractivity contribution in [1.82, 2.24) is 4.31 Å². The van der Waals surface area contributed by atoms with Gasteiger partial charge in [0.1, 0.15) is 0 Å². The number of anilines is 2. The lowest BCUT2D eigenvalue weighted by Gasteiger charge is -2.15. The van der Waals surface area contributed by atoms with E-state index in [1.165, 1.54) is 28.6 Å². The molecule has 1 aliphatic rings. The summed E-state index contributed by atoms with van der Waals surface area (Å²) in [5.41, 5.74) is 6.90. The second kappa shape index (κ2) is 7.03. The van der Waals surface area contributed by atoms with Crippen LogP contribution in [0.25, 0.3) is 0 Å². The topological polar surface area (TPSA) is 92.5 Å². The van der Waals surface area contributed by atoms with Crippen LogP contribution in [0.4, 0.5) is 11.4 Å². The summed E-state index contributed by atoms with van der Waals surface area (Å²) in [4.78, 5) is 12.5. The molecule has 6 nitrogen and oxygen atoms in total. The Labute approximate surface area is 151 Å². The fourth-order valence-electron chi connectivity index (χ4n) is 2.69. The Morgan fingerprint density at radius 3 is 2.36 bits per heavy atom. The van der Waals surface area contributed by atoms with Gasteiger partial charge in [0.05, 0.1) is 15.6 Å². The lowest BCUT2D eigenvalue weighted by atomic mass is 10.2. The molecule has 3 N–H and O–H groups in total. The van der Waals surface area contributed by atoms with Crippen molar-refractivity contribution < 1.29 is 13.2 Å². The Bertz CT molecular complexity index is 892. The number of hydrogen-bond acceptors (Lipinski definition) is 4. The van der Waals surface area contributed by atoms with E-state index in [0.717, 1.165) is 12.8 Å². The first-order valence-corrected chi connectivity index (χ1v) is 9.66. The number of benzene rings is 2. The maximum atomic E-state index is 12.5. The van der Waals surface area contributed by atoms with Crippen LogP contribution in [0.1, 0.15) is 23.2 Å². The third kappa shape index (κ3) is 3.78. The number of carbonyl (C=O) groups is 1. The molecule has 1 aliphatic heterocycles. The van der Waals surface area contributed by atoms with Crippen LogP contribution >= 0.6 is 11.6 Å². The first-order chi connectivity index (χ1) is 11.9. The summed E-state index contributed by atoms with van der Waals surface area (Å²) >= 11 is 6.03. The number of rotatable bonds is 4. The summed E-state index contributed by atoms with van der Waals surface area (Å²) in [6, 6.07) is 10.7. The number of nitrogens with one attached hydrogen (secondary N) is 1. The van der Waals surface area contributed by atoms with Gasteiger partial charge < -0.3 is 11.1 Å². The van der Waals surface area contributed by atoms with Crippen molar-refractivity contribution in [1.29, 1.82) is 0 Å². The minimum Gasteiger partial charge on any atom is -0.399 e. The van der Waals surface area contributed by atoms with Gasteiger partial charge in [-0.1, -0.05) is 11.6 Å². The second-order valence-electron chi connectivity index (χ2n) is 5.83. The Hall–Kier alpha value is -2.09. The number of nitrogen functional groups attached to an aromatic ring is 1. The Kier molecular flexibility index (Phi) is 4.99. The van der Waals surface area contributed by atoms with Crippen LogP contribution in [0.5, 0.6) is 0 Å². The number of carbonyl (C=O) groups excluding carboxylic acids is 1. The Morgan fingerprint density at radius 2 is 1.72 bits per heavy atom. The van der Waals surface area contributed by atoms with Gasteiger partial charge in [-0.15, -0.1) is 0 Å². The molecule has 132 valence electrons. The molecule has 0 unspecified atom stereocenters. The van der Waals surface area contributed by atoms with Crippen molar-refractivity contribution in [3.05, 3.63) is 53.1 Å². The lowest BCUT2D eigenvalue weighted by molar-refractivity contribution is 0.102. The molecule has 0 saturated carbocycles. The summed E-state index contributed by atoms with van der Waals surface area (Å²) in [6.07, 6.45) is 1.75. The molecule has 0 bridgehead atoms. The normalized spacial score (nSPS) is 15.2. The van der Waals surface area contributed by atoms with Gasteiger partial charge in [-0.25, -0.2) is 8.42 Å². The summed E-state index contributed by atoms with van der Waals surface area (Å²) in [5, 5.41) is 3.04. The van der Waals surface area contributed by atoms with Gasteiger partial charge in [0.25, 0.3) is 5.91 Å². The van der Waals surface area contributed by atoms with Gasteiger partial charge in [-0.3, -0.25) is 4.79 Å². The Morgan fingerprint density at radius 1 is 1.08 bits per heavy atom. The van der Waals surface area contributed by atoms with E-state index in [0.29, 0.717) is 35.1 Å². The highest BCUT2D eigenvalue weighted by Crippen LogP contribution is 2.25. The number of amides is 1. The van der Waals surface area contributed by atoms with E-state index in [2.05, 4.69) is 5.32 Å². The van der Waals surface area contributed by atoms with Gasteiger partial charge in [0.2, 0.25) is 10.0 Å². The van der Waals surface area contributed by atoms with E-state index < -0.39 is 15.9 Å². The van der Waals surface area contributed by atoms with E-state index in [4.69, 9.17) is 17.3 Å². The molecule has 2 aromatic carbocycles. The third-order valence-electron chi connectivity index (χ3n) is 4.06. The van der Waals surface area contributed by atoms with E-state index in [-0.39, 0.29) is 4.90 Å². The van der Waals surface area contributed by atoms with Crippen molar-refractivity contribution in [3.63, 3.8) is 0 Å². The second-order valence-corrected chi connectivity index (χ2v) is 8.17. The van der Waals surface area contributed by atoms with Crippen molar-refractivity contribution in [2.45, 2.75) is 17.7 Å². The number of sulfonamides is 1. The van der Waals surface area contributed by atoms with Crippen LogP contribution in [-0.2, 0) is 10.0 Å². The molecule has 0 aliphatic carbocycles. The highest BCUT2D eigenvalue weighted by molar-refractivity contribution is 7.89. The summed E-state index contributed by atoms with van der Waals surface area (Å²) < 4.78 is 26.4. The van der Waals surface area contributed by atoms with Gasteiger partial charge >= 0.3 is 0 Å². The van der Waals surface area contributed by atoms with Crippen LogP contribution in [0.15, 0.2) is 47.4 Å². The van der Waals surface area contributed by atoms with Crippen molar-refractivity contribution >= 4 is 38.9 Å². The van der Waals surface area contributed by atoms with Crippen molar-refractivity contribution in [2.24, 2.45) is 0 Å². The minimum atomic E-state index is -3.49. The molecule has 0 radical (unpaired) electrons. The molecule has 0 aromatic heterocycles. The number of hydrogen-bond donors (Lipinski definition) is 2. The average molecular weight is 380 g/mol. The minimum absolute atomic E-state index is 0.188. The van der Waals surface area contributed by atoms with Crippen LogP contribution in [-0.4, -0.2) is 31.7 Å². The fraction of sp³-hybridized carbons (Fsp3) is 0.235. The zero-order chi connectivity index (χ0) is 18.0. The standard InChI is InChI=1S/C17H18ClN3O3S/c18-15-8-5-13(19)11-16(15)20-17(22)12-3-6-14(7-4-12)25(23,24)21-9-1-2-10-21/h3-8,11H,1-2,9-10,19H2,(H,20,22). The smallest absolute Gasteiger partial charge is 0.255 e. The highest BCUT2D eigenvalue weighted by atomic mass is 35.5. The zero-order valence-corrected chi connectivity index (χ0v) is 15.0. The van der Waals surface area contributed by atoms with Gasteiger partial charge in [-0.2, -0.15) is 4.31 Å². The van der Waals surface area contributed by atoms with Gasteiger partial charge in [0.15, 0.2) is 0 Å². The number of nitrogens with two attached hydrogens (primary N) is 1. The Balaban J connectivity index is 1.78. The maximum Gasteiger partial charge on any atom is 0.255 e. The third-order valence-corrected chi connectivity index (χ3v) is 6.30. The summed E-state index contributed by atoms with van der Waals surface area (Å²) in [7, 11) is -3.49. The monoisotopic (exact) mass is 379 g/mol. The predicted molar refractivity (Wildman–Crippen MR) is 98.3 cm³/mol. The molecule has 1 amide bonds. The highest BCUT2D eigenvalue weighted by Gasteiger charge is 2.27. The van der Waals surface area contributed by atoms with E-state index in [1.807, 2.05) is 0 Å². The van der Waals surface area contributed by atoms with Crippen LogP contribution in [0, 0.1) is 0 Å². The average Bonchev–Trinajstić information content (AvgIpc) is 3.13. The first kappa shape index (κ1) is 17.7. The van der Waals surface area contributed by atoms with E-state index >= 15 is 0 Å². The predicted octanol–water partition coefficient (Wildman–Crippen LogP) is 2.96. The number of nitrogens with zero attached hydrogens (tertiary/aromatic N) is 1. The lowest BCUT2D eigenvalue weighted by Crippen LogP contribution is -2.27. The molecule has 25 heavy (non-hydrogen) atoms. The molecule has 3 rings (SSSR count). The van der Waals surface area contributed by atoms with Gasteiger partial charge in [-0.05, 0) is 55.3 Å². The molecule has 2 aromatic rings. The summed E-state index contributed by atoms with van der Waals surface area (Å²) in [6.45, 7) is 1.08. The van der Waals surface area contributed by atoms with E-state index in [9.17, 15) is 13.2 Å². The molecular formula is C17H18ClN3O3S. The van der Waals surface area contributed by atoms with Crippen LogP contribution in [0.3, 0.4) is 0 Å². The zero-order valence-electron chi connectivity index (χ0n) is 13.4.